The summed E-state index contributed by atoms with van der Waals surface area (Å²) < 4.78 is 25.9. The van der Waals surface area contributed by atoms with E-state index < -0.39 is 11.6 Å². The number of piperidine rings is 1. The van der Waals surface area contributed by atoms with Crippen molar-refractivity contribution >= 4 is 11.8 Å². The standard InChI is InChI=1S/C18H25F2N3O2/c19-15-6-4-13(11-16(15)20)5-7-17(24)22-8-2-10-23-9-1-3-14(12-23)18(21)25/h4,6,11,14H,1-3,5,7-10,12H2,(H2,21,25)(H,22,24). The van der Waals surface area contributed by atoms with Gasteiger partial charge in [-0.25, -0.2) is 8.78 Å². The van der Waals surface area contributed by atoms with Crippen LogP contribution in [0.3, 0.4) is 0 Å². The Bertz CT molecular complexity index is 610. The van der Waals surface area contributed by atoms with Crippen molar-refractivity contribution in [3.63, 3.8) is 0 Å². The summed E-state index contributed by atoms with van der Waals surface area (Å²) in [6.45, 7) is 3.01. The summed E-state index contributed by atoms with van der Waals surface area (Å²) in [5.74, 6) is -2.20. The van der Waals surface area contributed by atoms with Crippen LogP contribution in [0.2, 0.25) is 0 Å². The van der Waals surface area contributed by atoms with Crippen LogP contribution in [0.25, 0.3) is 0 Å². The second-order valence-electron chi connectivity index (χ2n) is 6.49. The quantitative estimate of drug-likeness (QED) is 0.697. The molecule has 0 radical (unpaired) electrons. The molecule has 0 aliphatic carbocycles. The fraction of sp³-hybridized carbons (Fsp3) is 0.556. The van der Waals surface area contributed by atoms with Crippen LogP contribution in [-0.2, 0) is 16.0 Å². The third-order valence-electron chi connectivity index (χ3n) is 4.51. The molecule has 3 N–H and O–H groups in total. The Kier molecular flexibility index (Phi) is 7.31. The number of aryl methyl sites for hydroxylation is 1. The molecular weight excluding hydrogens is 328 g/mol. The van der Waals surface area contributed by atoms with Gasteiger partial charge in [-0.1, -0.05) is 6.07 Å². The number of rotatable bonds is 8. The SMILES string of the molecule is NC(=O)C1CCCN(CCCNC(=O)CCc2ccc(F)c(F)c2)C1. The van der Waals surface area contributed by atoms with Gasteiger partial charge >= 0.3 is 0 Å². The molecular formula is C18H25F2N3O2. The average Bonchev–Trinajstić information content (AvgIpc) is 2.60. The van der Waals surface area contributed by atoms with Crippen molar-refractivity contribution in [2.75, 3.05) is 26.2 Å². The fourth-order valence-electron chi connectivity index (χ4n) is 3.06. The number of primary amides is 1. The van der Waals surface area contributed by atoms with Crippen LogP contribution < -0.4 is 11.1 Å². The summed E-state index contributed by atoms with van der Waals surface area (Å²) in [5, 5.41) is 2.83. The van der Waals surface area contributed by atoms with Gasteiger partial charge < -0.3 is 16.0 Å². The smallest absolute Gasteiger partial charge is 0.221 e. The molecule has 0 spiro atoms. The third-order valence-corrected chi connectivity index (χ3v) is 4.51. The van der Waals surface area contributed by atoms with E-state index in [2.05, 4.69) is 10.2 Å². The second-order valence-corrected chi connectivity index (χ2v) is 6.49. The molecule has 1 saturated heterocycles. The molecule has 1 aromatic rings. The number of benzene rings is 1. The molecule has 1 aliphatic heterocycles. The van der Waals surface area contributed by atoms with Crippen LogP contribution >= 0.6 is 0 Å². The molecule has 0 aromatic heterocycles. The zero-order chi connectivity index (χ0) is 18.2. The van der Waals surface area contributed by atoms with Gasteiger partial charge in [0.05, 0.1) is 5.92 Å². The van der Waals surface area contributed by atoms with Crippen molar-refractivity contribution in [1.29, 1.82) is 0 Å². The Morgan fingerprint density at radius 2 is 2.08 bits per heavy atom. The molecule has 25 heavy (non-hydrogen) atoms. The highest BCUT2D eigenvalue weighted by Gasteiger charge is 2.23. The molecule has 1 aromatic carbocycles. The average molecular weight is 353 g/mol. The monoisotopic (exact) mass is 353 g/mol. The number of carbonyl (C=O) groups is 2. The summed E-state index contributed by atoms with van der Waals surface area (Å²) in [5.41, 5.74) is 5.95. The van der Waals surface area contributed by atoms with E-state index in [0.717, 1.165) is 44.5 Å². The van der Waals surface area contributed by atoms with Crippen molar-refractivity contribution in [1.82, 2.24) is 10.2 Å². The predicted octanol–water partition coefficient (Wildman–Crippen LogP) is 1.60. The van der Waals surface area contributed by atoms with Crippen molar-refractivity contribution in [2.45, 2.75) is 32.1 Å². The minimum absolute atomic E-state index is 0.0700. The maximum Gasteiger partial charge on any atom is 0.221 e. The Balaban J connectivity index is 1.60. The molecule has 1 unspecified atom stereocenters. The number of halogens is 2. The lowest BCUT2D eigenvalue weighted by Crippen LogP contribution is -2.42. The van der Waals surface area contributed by atoms with Crippen LogP contribution in [0.15, 0.2) is 18.2 Å². The maximum atomic E-state index is 13.1. The Morgan fingerprint density at radius 1 is 1.28 bits per heavy atom. The number of amides is 2. The number of carbonyl (C=O) groups excluding carboxylic acids is 2. The van der Waals surface area contributed by atoms with Crippen molar-refractivity contribution in [3.8, 4) is 0 Å². The lowest BCUT2D eigenvalue weighted by Gasteiger charge is -2.31. The normalized spacial score (nSPS) is 18.1. The topological polar surface area (TPSA) is 75.4 Å². The van der Waals surface area contributed by atoms with Crippen molar-refractivity contribution in [3.05, 3.63) is 35.4 Å². The van der Waals surface area contributed by atoms with Gasteiger partial charge in [0, 0.05) is 19.5 Å². The second kappa shape index (κ2) is 9.46. The van der Waals surface area contributed by atoms with Gasteiger partial charge in [0.25, 0.3) is 0 Å². The summed E-state index contributed by atoms with van der Waals surface area (Å²) in [7, 11) is 0. The van der Waals surface area contributed by atoms with Crippen LogP contribution in [-0.4, -0.2) is 42.9 Å². The lowest BCUT2D eigenvalue weighted by molar-refractivity contribution is -0.123. The Hall–Kier alpha value is -2.02. The first kappa shape index (κ1) is 19.3. The largest absolute Gasteiger partial charge is 0.369 e. The fourth-order valence-corrected chi connectivity index (χ4v) is 3.06. The van der Waals surface area contributed by atoms with E-state index in [1.165, 1.54) is 6.07 Å². The molecule has 2 rings (SSSR count). The van der Waals surface area contributed by atoms with E-state index in [1.54, 1.807) is 0 Å². The molecule has 7 heteroatoms. The van der Waals surface area contributed by atoms with Crippen LogP contribution in [0, 0.1) is 17.6 Å². The summed E-state index contributed by atoms with van der Waals surface area (Å²) in [4.78, 5) is 25.2. The van der Waals surface area contributed by atoms with Gasteiger partial charge in [-0.15, -0.1) is 0 Å². The van der Waals surface area contributed by atoms with E-state index in [1.807, 2.05) is 0 Å². The summed E-state index contributed by atoms with van der Waals surface area (Å²) in [6.07, 6.45) is 3.22. The Morgan fingerprint density at radius 3 is 2.80 bits per heavy atom. The summed E-state index contributed by atoms with van der Waals surface area (Å²) in [6, 6.07) is 3.67. The number of nitrogens with one attached hydrogen (secondary N) is 1. The highest BCUT2D eigenvalue weighted by atomic mass is 19.2. The third kappa shape index (κ3) is 6.42. The van der Waals surface area contributed by atoms with E-state index in [0.29, 0.717) is 25.1 Å². The number of hydrogen-bond acceptors (Lipinski definition) is 3. The van der Waals surface area contributed by atoms with E-state index in [9.17, 15) is 18.4 Å². The first-order chi connectivity index (χ1) is 12.0. The van der Waals surface area contributed by atoms with Gasteiger partial charge in [0.15, 0.2) is 11.6 Å². The van der Waals surface area contributed by atoms with Gasteiger partial charge in [-0.3, -0.25) is 9.59 Å². The minimum atomic E-state index is -0.895. The zero-order valence-corrected chi connectivity index (χ0v) is 14.3. The van der Waals surface area contributed by atoms with E-state index >= 15 is 0 Å². The van der Waals surface area contributed by atoms with E-state index in [-0.39, 0.29) is 24.2 Å². The van der Waals surface area contributed by atoms with Crippen LogP contribution in [0.1, 0.15) is 31.2 Å². The number of likely N-dealkylation sites (tertiary alicyclic amines) is 1. The van der Waals surface area contributed by atoms with Gasteiger partial charge in [0.2, 0.25) is 11.8 Å². The van der Waals surface area contributed by atoms with Gasteiger partial charge in [-0.2, -0.15) is 0 Å². The number of nitrogens with two attached hydrogens (primary N) is 1. The highest BCUT2D eigenvalue weighted by Crippen LogP contribution is 2.16. The minimum Gasteiger partial charge on any atom is -0.369 e. The van der Waals surface area contributed by atoms with Crippen LogP contribution in [0.4, 0.5) is 8.78 Å². The molecule has 1 fully saturated rings. The van der Waals surface area contributed by atoms with Gasteiger partial charge in [-0.05, 0) is 56.5 Å². The van der Waals surface area contributed by atoms with Crippen molar-refractivity contribution in [2.24, 2.45) is 11.7 Å². The van der Waals surface area contributed by atoms with Crippen molar-refractivity contribution < 1.29 is 18.4 Å². The molecule has 1 atom stereocenters. The number of nitrogens with zero attached hydrogens (tertiary/aromatic N) is 1. The number of hydrogen-bond donors (Lipinski definition) is 2. The highest BCUT2D eigenvalue weighted by molar-refractivity contribution is 5.77. The molecule has 0 bridgehead atoms. The Labute approximate surface area is 146 Å². The maximum absolute atomic E-state index is 13.1. The van der Waals surface area contributed by atoms with Crippen LogP contribution in [0.5, 0.6) is 0 Å². The molecule has 1 aliphatic rings. The molecule has 138 valence electrons. The molecule has 5 nitrogen and oxygen atoms in total. The van der Waals surface area contributed by atoms with Gasteiger partial charge in [0.1, 0.15) is 0 Å². The van der Waals surface area contributed by atoms with E-state index in [4.69, 9.17) is 5.73 Å². The lowest BCUT2D eigenvalue weighted by atomic mass is 9.97. The summed E-state index contributed by atoms with van der Waals surface area (Å²) >= 11 is 0. The molecule has 1 heterocycles. The molecule has 2 amide bonds. The zero-order valence-electron chi connectivity index (χ0n) is 14.3. The molecule has 0 saturated carbocycles. The first-order valence-corrected chi connectivity index (χ1v) is 8.68. The predicted molar refractivity (Wildman–Crippen MR) is 90.7 cm³/mol. The first-order valence-electron chi connectivity index (χ1n) is 8.68.